The molecule has 6 nitrogen and oxygen atoms in total. The topological polar surface area (TPSA) is 76.1 Å². The second kappa shape index (κ2) is 6.67. The smallest absolute Gasteiger partial charge is 0.239 e. The molecular formula is C11H18N4O2. The molecule has 0 aromatic carbocycles. The van der Waals surface area contributed by atoms with Crippen LogP contribution < -0.4 is 15.4 Å². The summed E-state index contributed by atoms with van der Waals surface area (Å²) in [6.07, 6.45) is 1.64. The van der Waals surface area contributed by atoms with Gasteiger partial charge < -0.3 is 15.4 Å². The third-order valence-corrected chi connectivity index (χ3v) is 1.77. The molecule has 1 aromatic heterocycles. The van der Waals surface area contributed by atoms with E-state index in [-0.39, 0.29) is 18.6 Å². The molecule has 0 aliphatic rings. The van der Waals surface area contributed by atoms with E-state index in [9.17, 15) is 4.79 Å². The zero-order chi connectivity index (χ0) is 12.7. The highest BCUT2D eigenvalue weighted by atomic mass is 16.5. The van der Waals surface area contributed by atoms with E-state index >= 15 is 0 Å². The van der Waals surface area contributed by atoms with Crippen molar-refractivity contribution in [2.75, 3.05) is 18.4 Å². The Morgan fingerprint density at radius 3 is 2.94 bits per heavy atom. The van der Waals surface area contributed by atoms with Gasteiger partial charge in [0.25, 0.3) is 0 Å². The molecule has 0 aliphatic carbocycles. The van der Waals surface area contributed by atoms with Crippen LogP contribution in [0.3, 0.4) is 0 Å². The van der Waals surface area contributed by atoms with Crippen LogP contribution in [0.4, 0.5) is 5.95 Å². The van der Waals surface area contributed by atoms with Crippen molar-refractivity contribution in [3.8, 4) is 5.88 Å². The lowest BCUT2D eigenvalue weighted by molar-refractivity contribution is -0.119. The van der Waals surface area contributed by atoms with Gasteiger partial charge in [-0.25, -0.2) is 4.98 Å². The molecule has 2 N–H and O–H groups in total. The van der Waals surface area contributed by atoms with E-state index in [1.54, 1.807) is 12.3 Å². The fourth-order valence-electron chi connectivity index (χ4n) is 1.15. The third kappa shape index (κ3) is 5.14. The highest BCUT2D eigenvalue weighted by molar-refractivity contribution is 5.80. The molecule has 1 rings (SSSR count). The Morgan fingerprint density at radius 1 is 1.53 bits per heavy atom. The first kappa shape index (κ1) is 13.2. The second-order valence-corrected chi connectivity index (χ2v) is 3.69. The minimum atomic E-state index is -0.0914. The normalized spacial score (nSPS) is 10.1. The SMILES string of the molecule is CCNC(=O)CNc1nccc(OC(C)C)n1. The lowest BCUT2D eigenvalue weighted by Crippen LogP contribution is -2.29. The Hall–Kier alpha value is -1.85. The summed E-state index contributed by atoms with van der Waals surface area (Å²) in [6.45, 7) is 6.47. The molecule has 0 spiro atoms. The van der Waals surface area contributed by atoms with Gasteiger partial charge in [-0.3, -0.25) is 4.79 Å². The third-order valence-electron chi connectivity index (χ3n) is 1.77. The number of carbonyl (C=O) groups is 1. The molecule has 94 valence electrons. The summed E-state index contributed by atoms with van der Waals surface area (Å²) in [7, 11) is 0. The van der Waals surface area contributed by atoms with Crippen LogP contribution in [-0.4, -0.2) is 35.1 Å². The average Bonchev–Trinajstić information content (AvgIpc) is 2.26. The number of carbonyl (C=O) groups excluding carboxylic acids is 1. The van der Waals surface area contributed by atoms with E-state index in [4.69, 9.17) is 4.74 Å². The first-order valence-electron chi connectivity index (χ1n) is 5.62. The average molecular weight is 238 g/mol. The maximum absolute atomic E-state index is 11.2. The minimum Gasteiger partial charge on any atom is -0.475 e. The maximum atomic E-state index is 11.2. The Morgan fingerprint density at radius 2 is 2.29 bits per heavy atom. The molecule has 0 radical (unpaired) electrons. The molecule has 0 bridgehead atoms. The van der Waals surface area contributed by atoms with Crippen molar-refractivity contribution >= 4 is 11.9 Å². The van der Waals surface area contributed by atoms with Gasteiger partial charge in [0.1, 0.15) is 0 Å². The van der Waals surface area contributed by atoms with Crippen molar-refractivity contribution in [3.63, 3.8) is 0 Å². The summed E-state index contributed by atoms with van der Waals surface area (Å²) < 4.78 is 5.42. The fourth-order valence-corrected chi connectivity index (χ4v) is 1.15. The number of anilines is 1. The number of hydrogen-bond donors (Lipinski definition) is 2. The predicted molar refractivity (Wildman–Crippen MR) is 65.0 cm³/mol. The predicted octanol–water partition coefficient (Wildman–Crippen LogP) is 0.812. The number of ether oxygens (including phenoxy) is 1. The lowest BCUT2D eigenvalue weighted by atomic mass is 10.5. The Bertz CT molecular complexity index is 368. The van der Waals surface area contributed by atoms with Crippen molar-refractivity contribution < 1.29 is 9.53 Å². The first-order valence-corrected chi connectivity index (χ1v) is 5.62. The number of rotatable bonds is 6. The van der Waals surface area contributed by atoms with Crippen LogP contribution in [0.5, 0.6) is 5.88 Å². The van der Waals surface area contributed by atoms with E-state index in [0.717, 1.165) is 0 Å². The van der Waals surface area contributed by atoms with Gasteiger partial charge in [0, 0.05) is 18.8 Å². The Kier molecular flexibility index (Phi) is 5.19. The summed E-state index contributed by atoms with van der Waals surface area (Å²) in [5, 5.41) is 5.50. The van der Waals surface area contributed by atoms with Gasteiger partial charge in [0.05, 0.1) is 12.6 Å². The molecule has 0 aliphatic heterocycles. The van der Waals surface area contributed by atoms with Crippen molar-refractivity contribution in [3.05, 3.63) is 12.3 Å². The molecule has 1 aromatic rings. The van der Waals surface area contributed by atoms with Gasteiger partial charge >= 0.3 is 0 Å². The number of aromatic nitrogens is 2. The number of nitrogens with zero attached hydrogens (tertiary/aromatic N) is 2. The van der Waals surface area contributed by atoms with Gasteiger partial charge in [0.15, 0.2) is 0 Å². The van der Waals surface area contributed by atoms with Gasteiger partial charge in [-0.15, -0.1) is 0 Å². The van der Waals surface area contributed by atoms with Crippen molar-refractivity contribution in [2.45, 2.75) is 26.9 Å². The fraction of sp³-hybridized carbons (Fsp3) is 0.545. The monoisotopic (exact) mass is 238 g/mol. The molecule has 6 heteroatoms. The molecule has 1 heterocycles. The number of nitrogens with one attached hydrogen (secondary N) is 2. The first-order chi connectivity index (χ1) is 8.11. The van der Waals surface area contributed by atoms with Gasteiger partial charge in [-0.1, -0.05) is 0 Å². The standard InChI is InChI=1S/C11H18N4O2/c1-4-12-9(16)7-14-11-13-6-5-10(15-11)17-8(2)3/h5-6,8H,4,7H2,1-3H3,(H,12,16)(H,13,14,15). The van der Waals surface area contributed by atoms with Gasteiger partial charge in [-0.2, -0.15) is 4.98 Å². The van der Waals surface area contributed by atoms with E-state index in [1.165, 1.54) is 0 Å². The van der Waals surface area contributed by atoms with E-state index in [2.05, 4.69) is 20.6 Å². The largest absolute Gasteiger partial charge is 0.475 e. The summed E-state index contributed by atoms with van der Waals surface area (Å²) in [4.78, 5) is 19.3. The Balaban J connectivity index is 2.51. The molecule has 0 saturated carbocycles. The zero-order valence-corrected chi connectivity index (χ0v) is 10.4. The summed E-state index contributed by atoms with van der Waals surface area (Å²) in [6, 6.07) is 1.68. The Labute approximate surface area is 101 Å². The number of likely N-dealkylation sites (N-methyl/N-ethyl adjacent to an activating group) is 1. The van der Waals surface area contributed by atoms with Gasteiger partial charge in [-0.05, 0) is 20.8 Å². The molecule has 0 saturated heterocycles. The number of hydrogen-bond acceptors (Lipinski definition) is 5. The van der Waals surface area contributed by atoms with Crippen LogP contribution in [0.2, 0.25) is 0 Å². The van der Waals surface area contributed by atoms with E-state index in [0.29, 0.717) is 18.4 Å². The van der Waals surface area contributed by atoms with Crippen LogP contribution >= 0.6 is 0 Å². The lowest BCUT2D eigenvalue weighted by Gasteiger charge is -2.09. The minimum absolute atomic E-state index is 0.0566. The highest BCUT2D eigenvalue weighted by Gasteiger charge is 2.04. The van der Waals surface area contributed by atoms with Crippen molar-refractivity contribution in [1.82, 2.24) is 15.3 Å². The van der Waals surface area contributed by atoms with E-state index < -0.39 is 0 Å². The van der Waals surface area contributed by atoms with Crippen molar-refractivity contribution in [2.24, 2.45) is 0 Å². The van der Waals surface area contributed by atoms with Crippen LogP contribution in [-0.2, 0) is 4.79 Å². The molecular weight excluding hydrogens is 220 g/mol. The summed E-state index contributed by atoms with van der Waals surface area (Å²) >= 11 is 0. The molecule has 1 amide bonds. The van der Waals surface area contributed by atoms with Crippen molar-refractivity contribution in [1.29, 1.82) is 0 Å². The summed E-state index contributed by atoms with van der Waals surface area (Å²) in [5.41, 5.74) is 0. The quantitative estimate of drug-likeness (QED) is 0.767. The second-order valence-electron chi connectivity index (χ2n) is 3.69. The summed E-state index contributed by atoms with van der Waals surface area (Å²) in [5.74, 6) is 0.786. The molecule has 0 fully saturated rings. The number of amides is 1. The van der Waals surface area contributed by atoms with Crippen LogP contribution in [0.1, 0.15) is 20.8 Å². The highest BCUT2D eigenvalue weighted by Crippen LogP contribution is 2.09. The molecule has 17 heavy (non-hydrogen) atoms. The van der Waals surface area contributed by atoms with Crippen LogP contribution in [0.15, 0.2) is 12.3 Å². The van der Waals surface area contributed by atoms with Crippen LogP contribution in [0, 0.1) is 0 Å². The van der Waals surface area contributed by atoms with Gasteiger partial charge in [0.2, 0.25) is 17.7 Å². The molecule has 0 unspecified atom stereocenters. The maximum Gasteiger partial charge on any atom is 0.239 e. The van der Waals surface area contributed by atoms with Crippen LogP contribution in [0.25, 0.3) is 0 Å². The zero-order valence-electron chi connectivity index (χ0n) is 10.4. The molecule has 0 atom stereocenters. The van der Waals surface area contributed by atoms with E-state index in [1.807, 2.05) is 20.8 Å².